The Morgan fingerprint density at radius 3 is 2.28 bits per heavy atom. The van der Waals surface area contributed by atoms with Gasteiger partial charge in [0.25, 0.3) is 0 Å². The van der Waals surface area contributed by atoms with Crippen LogP contribution >= 0.6 is 0 Å². The molecule has 0 radical (unpaired) electrons. The molecule has 0 spiro atoms. The first-order valence-corrected chi connectivity index (χ1v) is 13.9. The van der Waals surface area contributed by atoms with Gasteiger partial charge in [-0.3, -0.25) is 4.79 Å². The van der Waals surface area contributed by atoms with Crippen molar-refractivity contribution < 1.29 is 35.4 Å². The van der Waals surface area contributed by atoms with E-state index in [9.17, 15) is 35.4 Å². The molecule has 0 aromatic rings. The Balaban J connectivity index is 1.66. The van der Waals surface area contributed by atoms with Crippen LogP contribution in [0.5, 0.6) is 0 Å². The van der Waals surface area contributed by atoms with E-state index in [4.69, 9.17) is 0 Å². The lowest BCUT2D eigenvalue weighted by atomic mass is 9.45. The Morgan fingerprint density at radius 2 is 1.69 bits per heavy atom. The molecule has 0 amide bonds. The molecular weight excluding hydrogens is 460 g/mol. The highest BCUT2D eigenvalue weighted by Crippen LogP contribution is 2.68. The first-order valence-electron chi connectivity index (χ1n) is 13.9. The summed E-state index contributed by atoms with van der Waals surface area (Å²) in [5, 5.41) is 66.6. The lowest BCUT2D eigenvalue weighted by molar-refractivity contribution is -0.179. The van der Waals surface area contributed by atoms with Crippen LogP contribution in [-0.4, -0.2) is 71.5 Å². The fourth-order valence-electron chi connectivity index (χ4n) is 9.00. The molecule has 7 heteroatoms. The van der Waals surface area contributed by atoms with Gasteiger partial charge in [0.05, 0.1) is 35.1 Å². The molecule has 3 saturated carbocycles. The number of ketones is 1. The summed E-state index contributed by atoms with van der Waals surface area (Å²) in [5.41, 5.74) is -4.34. The number of rotatable bonds is 6. The van der Waals surface area contributed by atoms with Crippen molar-refractivity contribution in [2.24, 2.45) is 34.5 Å². The van der Waals surface area contributed by atoms with Crippen molar-refractivity contribution in [2.45, 2.75) is 128 Å². The van der Waals surface area contributed by atoms with Crippen molar-refractivity contribution in [1.29, 1.82) is 0 Å². The fourth-order valence-corrected chi connectivity index (χ4v) is 9.00. The van der Waals surface area contributed by atoms with Gasteiger partial charge in [-0.1, -0.05) is 27.2 Å². The molecule has 0 unspecified atom stereocenters. The van der Waals surface area contributed by atoms with Gasteiger partial charge in [-0.25, -0.2) is 0 Å². The molecule has 0 heterocycles. The number of carbonyl (C=O) groups is 1. The number of aliphatic hydroxyl groups is 6. The number of hydrogen-bond acceptors (Lipinski definition) is 7. The predicted octanol–water partition coefficient (Wildman–Crippen LogP) is 2.49. The van der Waals surface area contributed by atoms with Gasteiger partial charge in [0.2, 0.25) is 0 Å². The maximum atomic E-state index is 13.3. The highest BCUT2D eigenvalue weighted by Gasteiger charge is 2.69. The van der Waals surface area contributed by atoms with Gasteiger partial charge in [-0.2, -0.15) is 0 Å². The lowest BCUT2D eigenvalue weighted by Gasteiger charge is -2.60. The number of aliphatic hydroxyl groups excluding tert-OH is 3. The van der Waals surface area contributed by atoms with E-state index in [1.54, 1.807) is 26.8 Å². The molecular formula is C29H48O7. The minimum absolute atomic E-state index is 0.0892. The van der Waals surface area contributed by atoms with Crippen molar-refractivity contribution in [3.8, 4) is 0 Å². The molecule has 4 aliphatic rings. The topological polar surface area (TPSA) is 138 Å². The van der Waals surface area contributed by atoms with E-state index in [1.165, 1.54) is 0 Å². The van der Waals surface area contributed by atoms with E-state index < -0.39 is 51.9 Å². The van der Waals surface area contributed by atoms with E-state index in [0.717, 1.165) is 0 Å². The van der Waals surface area contributed by atoms with Crippen LogP contribution < -0.4 is 0 Å². The van der Waals surface area contributed by atoms with Crippen molar-refractivity contribution in [1.82, 2.24) is 0 Å². The minimum atomic E-state index is -1.48. The Bertz CT molecular complexity index is 906. The van der Waals surface area contributed by atoms with Crippen LogP contribution in [0.1, 0.15) is 92.9 Å². The quantitative estimate of drug-likeness (QED) is 0.324. The van der Waals surface area contributed by atoms with E-state index in [2.05, 4.69) is 0 Å². The van der Waals surface area contributed by atoms with Gasteiger partial charge in [-0.15, -0.1) is 0 Å². The molecule has 0 bridgehead atoms. The molecule has 3 fully saturated rings. The number of allylic oxidation sites excluding steroid dienone is 1. The first-order chi connectivity index (χ1) is 16.4. The lowest BCUT2D eigenvalue weighted by Crippen LogP contribution is -2.63. The molecule has 0 aliphatic heterocycles. The second-order valence-corrected chi connectivity index (χ2v) is 13.8. The summed E-state index contributed by atoms with van der Waals surface area (Å²) in [4.78, 5) is 13.3. The van der Waals surface area contributed by atoms with Crippen LogP contribution in [-0.2, 0) is 4.79 Å². The smallest absolute Gasteiger partial charge is 0.159 e. The number of hydrogen-bond donors (Lipinski definition) is 6. The number of fused-ring (bicyclic) bond motifs is 5. The second-order valence-electron chi connectivity index (χ2n) is 13.8. The summed E-state index contributed by atoms with van der Waals surface area (Å²) in [7, 11) is 0. The van der Waals surface area contributed by atoms with Gasteiger partial charge in [0.15, 0.2) is 5.78 Å². The standard InChI is InChI=1S/C29H48O7/c1-7-16(25(2,3)34)12-24(33)28(6,35)23-9-11-29(36)18-13-20(30)19-14-21(31)22(32)15-26(19,4)17(18)8-10-27(23,29)5/h13,16-17,19,21-24,31-36H,7-12,14-15H2,1-6H3/t16-,17+,19+,21-,22+,23-,24-,26-,27-,28-,29-/m1/s1. The Labute approximate surface area is 215 Å². The summed E-state index contributed by atoms with van der Waals surface area (Å²) < 4.78 is 0. The van der Waals surface area contributed by atoms with E-state index >= 15 is 0 Å². The van der Waals surface area contributed by atoms with Crippen LogP contribution in [0.25, 0.3) is 0 Å². The maximum absolute atomic E-state index is 13.3. The Kier molecular flexibility index (Phi) is 6.93. The highest BCUT2D eigenvalue weighted by atomic mass is 16.3. The summed E-state index contributed by atoms with van der Waals surface area (Å²) in [5.74, 6) is -1.16. The van der Waals surface area contributed by atoms with Crippen LogP contribution in [0.4, 0.5) is 0 Å². The molecule has 206 valence electrons. The highest BCUT2D eigenvalue weighted by molar-refractivity contribution is 5.95. The predicted molar refractivity (Wildman–Crippen MR) is 136 cm³/mol. The monoisotopic (exact) mass is 508 g/mol. The first kappa shape index (κ1) is 28.2. The SMILES string of the molecule is CC[C@H](C[C@@H](O)[C@](C)(O)[C@@H]1CC[C@@]2(O)C3=CC(=O)[C@@H]4C[C@@H](O)[C@@H](O)C[C@]4(C)[C@H]3CC[C@]12C)C(C)(C)O. The van der Waals surface area contributed by atoms with Crippen molar-refractivity contribution in [2.75, 3.05) is 0 Å². The third-order valence-electron chi connectivity index (χ3n) is 11.5. The summed E-state index contributed by atoms with van der Waals surface area (Å²) in [6, 6.07) is 0. The molecule has 4 rings (SSSR count). The summed E-state index contributed by atoms with van der Waals surface area (Å²) in [6.45, 7) is 11.1. The Morgan fingerprint density at radius 1 is 1.06 bits per heavy atom. The zero-order valence-corrected chi connectivity index (χ0v) is 22.9. The molecule has 4 aliphatic carbocycles. The number of carbonyl (C=O) groups excluding carboxylic acids is 1. The molecule has 0 aromatic carbocycles. The molecule has 0 aromatic heterocycles. The van der Waals surface area contributed by atoms with E-state index in [0.29, 0.717) is 44.1 Å². The van der Waals surface area contributed by atoms with Gasteiger partial charge >= 0.3 is 0 Å². The maximum Gasteiger partial charge on any atom is 0.159 e. The van der Waals surface area contributed by atoms with Crippen molar-refractivity contribution >= 4 is 5.78 Å². The largest absolute Gasteiger partial charge is 0.390 e. The zero-order valence-electron chi connectivity index (χ0n) is 22.9. The van der Waals surface area contributed by atoms with E-state index in [-0.39, 0.29) is 36.4 Å². The van der Waals surface area contributed by atoms with Gasteiger partial charge in [0, 0.05) is 11.3 Å². The molecule has 6 N–H and O–H groups in total. The van der Waals surface area contributed by atoms with Gasteiger partial charge in [-0.05, 0) is 101 Å². The summed E-state index contributed by atoms with van der Waals surface area (Å²) >= 11 is 0. The van der Waals surface area contributed by atoms with Gasteiger partial charge < -0.3 is 30.6 Å². The molecule has 0 saturated heterocycles. The fraction of sp³-hybridized carbons (Fsp3) is 0.897. The molecule has 7 nitrogen and oxygen atoms in total. The molecule has 36 heavy (non-hydrogen) atoms. The minimum Gasteiger partial charge on any atom is -0.390 e. The van der Waals surface area contributed by atoms with E-state index in [1.807, 2.05) is 20.8 Å². The van der Waals surface area contributed by atoms with Crippen LogP contribution in [0.15, 0.2) is 11.6 Å². The van der Waals surface area contributed by atoms with Crippen molar-refractivity contribution in [3.63, 3.8) is 0 Å². The van der Waals surface area contributed by atoms with Crippen LogP contribution in [0.3, 0.4) is 0 Å². The Hall–Kier alpha value is -0.830. The average Bonchev–Trinajstić information content (AvgIpc) is 3.05. The van der Waals surface area contributed by atoms with Crippen molar-refractivity contribution in [3.05, 3.63) is 11.6 Å². The summed E-state index contributed by atoms with van der Waals surface area (Å²) in [6.07, 6.45) is 2.42. The zero-order chi connectivity index (χ0) is 27.1. The third-order valence-corrected chi connectivity index (χ3v) is 11.5. The van der Waals surface area contributed by atoms with Gasteiger partial charge in [0.1, 0.15) is 0 Å². The van der Waals surface area contributed by atoms with Crippen LogP contribution in [0, 0.1) is 34.5 Å². The third kappa shape index (κ3) is 3.95. The second kappa shape index (κ2) is 8.85. The molecule has 11 atom stereocenters. The average molecular weight is 509 g/mol. The van der Waals surface area contributed by atoms with Crippen LogP contribution in [0.2, 0.25) is 0 Å². The normalized spacial score (nSPS) is 46.2.